The molecule has 0 spiro atoms. The fourth-order valence-electron chi connectivity index (χ4n) is 1.82. The minimum atomic E-state index is -0.121. The second-order valence-corrected chi connectivity index (χ2v) is 7.35. The number of Topliss-reactive ketones (excluding diaryl/α,β-unsaturated/α-hetero) is 1. The lowest BCUT2D eigenvalue weighted by Gasteiger charge is -2.03. The van der Waals surface area contributed by atoms with Crippen molar-refractivity contribution in [2.75, 3.05) is 5.43 Å². The molecule has 3 rings (SSSR count). The number of carbonyl (C=O) groups is 1. The van der Waals surface area contributed by atoms with Gasteiger partial charge in [0.1, 0.15) is 0 Å². The number of halogens is 1. The number of carbonyl (C=O) groups excluding carboxylic acids is 1. The number of nitrogens with one attached hydrogen (secondary N) is 1. The normalized spacial score (nSPS) is 11.7. The van der Waals surface area contributed by atoms with Crippen molar-refractivity contribution in [2.24, 2.45) is 5.10 Å². The number of para-hydroxylation sites is 1. The Labute approximate surface area is 146 Å². The van der Waals surface area contributed by atoms with Gasteiger partial charge in [-0.25, -0.2) is 4.98 Å². The number of hydrogen-bond donors (Lipinski definition) is 1. The Kier molecular flexibility index (Phi) is 4.95. The molecule has 7 heteroatoms. The molecule has 0 unspecified atom stereocenters. The molecule has 0 amide bonds. The molecule has 0 fully saturated rings. The summed E-state index contributed by atoms with van der Waals surface area (Å²) in [5.41, 5.74) is 4.50. The molecule has 0 radical (unpaired) electrons. The first-order valence-corrected chi connectivity index (χ1v) is 8.76. The second kappa shape index (κ2) is 7.12. The van der Waals surface area contributed by atoms with E-state index >= 15 is 0 Å². The Morgan fingerprint density at radius 3 is 2.83 bits per heavy atom. The van der Waals surface area contributed by atoms with Gasteiger partial charge >= 0.3 is 0 Å². The van der Waals surface area contributed by atoms with Crippen LogP contribution in [-0.4, -0.2) is 15.8 Å². The molecule has 0 saturated carbocycles. The molecule has 2 aromatic carbocycles. The summed E-state index contributed by atoms with van der Waals surface area (Å²) >= 11 is 8.72. The van der Waals surface area contributed by atoms with Gasteiger partial charge in [0.2, 0.25) is 0 Å². The lowest BCUT2D eigenvalue weighted by molar-refractivity contribution is -0.110. The Balaban J connectivity index is 1.81. The van der Waals surface area contributed by atoms with Gasteiger partial charge in [-0.15, -0.1) is 11.3 Å². The summed E-state index contributed by atoms with van der Waals surface area (Å²) in [6, 6.07) is 15.0. The maximum Gasteiger partial charge on any atom is 0.186 e. The summed E-state index contributed by atoms with van der Waals surface area (Å²) in [6.07, 6.45) is 0. The molecule has 0 atom stereocenters. The fraction of sp³-hybridized carbons (Fsp3) is 0.0625. The quantitative estimate of drug-likeness (QED) is 0.305. The van der Waals surface area contributed by atoms with Gasteiger partial charge in [-0.05, 0) is 42.1 Å². The average Bonchev–Trinajstić information content (AvgIpc) is 2.93. The van der Waals surface area contributed by atoms with Crippen LogP contribution in [-0.2, 0) is 4.79 Å². The highest BCUT2D eigenvalue weighted by Gasteiger charge is 2.12. The van der Waals surface area contributed by atoms with Gasteiger partial charge in [0.05, 0.1) is 15.9 Å². The molecule has 4 nitrogen and oxygen atoms in total. The van der Waals surface area contributed by atoms with Crippen LogP contribution >= 0.6 is 34.7 Å². The molecule has 116 valence electrons. The van der Waals surface area contributed by atoms with Crippen LogP contribution in [0.4, 0.5) is 5.69 Å². The average molecular weight is 362 g/mol. The molecule has 1 aromatic heterocycles. The van der Waals surface area contributed by atoms with E-state index in [1.807, 2.05) is 36.4 Å². The van der Waals surface area contributed by atoms with Crippen LogP contribution in [0.3, 0.4) is 0 Å². The van der Waals surface area contributed by atoms with Gasteiger partial charge in [-0.1, -0.05) is 29.8 Å². The first-order valence-electron chi connectivity index (χ1n) is 6.75. The Bertz CT molecular complexity index is 859. The van der Waals surface area contributed by atoms with Crippen molar-refractivity contribution in [3.63, 3.8) is 0 Å². The van der Waals surface area contributed by atoms with Crippen LogP contribution < -0.4 is 5.43 Å². The zero-order valence-electron chi connectivity index (χ0n) is 12.1. The van der Waals surface area contributed by atoms with Gasteiger partial charge in [0.25, 0.3) is 0 Å². The molecule has 3 aromatic rings. The maximum atomic E-state index is 11.8. The zero-order chi connectivity index (χ0) is 16.2. The summed E-state index contributed by atoms with van der Waals surface area (Å²) in [5, 5.41) is 5.14. The standard InChI is InChI=1S/C16H12ClN3OS2/c1-10(21)15(20-19-12-6-4-5-11(17)9-12)23-16-18-13-7-2-3-8-14(13)22-16/h2-9,19H,1H3/b20-15+. The highest BCUT2D eigenvalue weighted by Crippen LogP contribution is 2.30. The van der Waals surface area contributed by atoms with Crippen molar-refractivity contribution in [2.45, 2.75) is 11.3 Å². The molecule has 0 aliphatic heterocycles. The van der Waals surface area contributed by atoms with Crippen molar-refractivity contribution in [3.8, 4) is 0 Å². The predicted molar refractivity (Wildman–Crippen MR) is 98.7 cm³/mol. The first kappa shape index (κ1) is 16.0. The summed E-state index contributed by atoms with van der Waals surface area (Å²) in [7, 11) is 0. The molecule has 23 heavy (non-hydrogen) atoms. The molecule has 0 aliphatic carbocycles. The van der Waals surface area contributed by atoms with Crippen molar-refractivity contribution < 1.29 is 4.79 Å². The van der Waals surface area contributed by atoms with Gasteiger partial charge < -0.3 is 0 Å². The SMILES string of the molecule is CC(=O)/C(=N\Nc1cccc(Cl)c1)Sc1nc2ccccc2s1. The molecular formula is C16H12ClN3OS2. The van der Waals surface area contributed by atoms with Gasteiger partial charge in [0.15, 0.2) is 15.2 Å². The van der Waals surface area contributed by atoms with Crippen LogP contribution in [0.15, 0.2) is 58.0 Å². The third-order valence-corrected chi connectivity index (χ3v) is 5.27. The lowest BCUT2D eigenvalue weighted by Crippen LogP contribution is -2.07. The fourth-order valence-corrected chi connectivity index (χ4v) is 3.93. The van der Waals surface area contributed by atoms with E-state index in [0.29, 0.717) is 10.1 Å². The monoisotopic (exact) mass is 361 g/mol. The van der Waals surface area contributed by atoms with Gasteiger partial charge in [-0.2, -0.15) is 5.10 Å². The third kappa shape index (κ3) is 4.10. The molecule has 0 saturated heterocycles. The summed E-state index contributed by atoms with van der Waals surface area (Å²) in [5.74, 6) is -0.121. The van der Waals surface area contributed by atoms with Crippen molar-refractivity contribution in [1.29, 1.82) is 0 Å². The predicted octanol–water partition coefficient (Wildman–Crippen LogP) is 5.06. The number of benzene rings is 2. The highest BCUT2D eigenvalue weighted by atomic mass is 35.5. The molecule has 1 heterocycles. The van der Waals surface area contributed by atoms with E-state index in [1.165, 1.54) is 30.0 Å². The number of fused-ring (bicyclic) bond motifs is 1. The van der Waals surface area contributed by atoms with E-state index in [2.05, 4.69) is 15.5 Å². The lowest BCUT2D eigenvalue weighted by atomic mass is 10.3. The number of thiazole rings is 1. The second-order valence-electron chi connectivity index (χ2n) is 4.64. The Hall–Kier alpha value is -1.89. The molecular weight excluding hydrogens is 350 g/mol. The van der Waals surface area contributed by atoms with Crippen LogP contribution in [0.1, 0.15) is 6.92 Å². The first-order chi connectivity index (χ1) is 11.1. The number of thioether (sulfide) groups is 1. The molecule has 1 N–H and O–H groups in total. The number of aromatic nitrogens is 1. The Morgan fingerprint density at radius 1 is 1.26 bits per heavy atom. The van der Waals surface area contributed by atoms with Crippen LogP contribution in [0.25, 0.3) is 10.2 Å². The van der Waals surface area contributed by atoms with Crippen molar-refractivity contribution >= 4 is 61.4 Å². The van der Waals surface area contributed by atoms with Gasteiger partial charge in [0, 0.05) is 11.9 Å². The Morgan fingerprint density at radius 2 is 2.09 bits per heavy atom. The number of nitrogens with zero attached hydrogens (tertiary/aromatic N) is 2. The summed E-state index contributed by atoms with van der Waals surface area (Å²) in [6.45, 7) is 1.48. The minimum Gasteiger partial charge on any atom is -0.292 e. The molecule has 0 bridgehead atoms. The van der Waals surface area contributed by atoms with Crippen LogP contribution in [0.5, 0.6) is 0 Å². The largest absolute Gasteiger partial charge is 0.292 e. The number of hydrogen-bond acceptors (Lipinski definition) is 6. The van der Waals surface area contributed by atoms with E-state index in [9.17, 15) is 4.79 Å². The van der Waals surface area contributed by atoms with Crippen LogP contribution in [0, 0.1) is 0 Å². The number of hydrazone groups is 1. The maximum absolute atomic E-state index is 11.8. The number of rotatable bonds is 4. The van der Waals surface area contributed by atoms with E-state index in [1.54, 1.807) is 12.1 Å². The zero-order valence-corrected chi connectivity index (χ0v) is 14.5. The van der Waals surface area contributed by atoms with Crippen LogP contribution in [0.2, 0.25) is 5.02 Å². The van der Waals surface area contributed by atoms with E-state index in [0.717, 1.165) is 20.2 Å². The van der Waals surface area contributed by atoms with Crippen molar-refractivity contribution in [1.82, 2.24) is 4.98 Å². The van der Waals surface area contributed by atoms with Crippen molar-refractivity contribution in [3.05, 3.63) is 53.6 Å². The van der Waals surface area contributed by atoms with E-state index in [4.69, 9.17) is 11.6 Å². The number of anilines is 1. The third-order valence-electron chi connectivity index (χ3n) is 2.87. The minimum absolute atomic E-state index is 0.121. The smallest absolute Gasteiger partial charge is 0.186 e. The highest BCUT2D eigenvalue weighted by molar-refractivity contribution is 8.17. The van der Waals surface area contributed by atoms with E-state index < -0.39 is 0 Å². The number of ketones is 1. The summed E-state index contributed by atoms with van der Waals surface area (Å²) in [4.78, 5) is 16.3. The topological polar surface area (TPSA) is 54.4 Å². The van der Waals surface area contributed by atoms with E-state index in [-0.39, 0.29) is 5.78 Å². The molecule has 0 aliphatic rings. The van der Waals surface area contributed by atoms with Gasteiger partial charge in [-0.3, -0.25) is 10.2 Å². The summed E-state index contributed by atoms with van der Waals surface area (Å²) < 4.78 is 1.87.